The van der Waals surface area contributed by atoms with Gasteiger partial charge in [0.25, 0.3) is 0 Å². The Labute approximate surface area is 313 Å². The van der Waals surface area contributed by atoms with Crippen molar-refractivity contribution in [1.29, 1.82) is 0 Å². The molecule has 0 bridgehead atoms. The molecular formula is C22H27F23O9Si4. The summed E-state index contributed by atoms with van der Waals surface area (Å²) in [4.78, 5) is 12.1. The molecule has 3 unspecified atom stereocenters. The molecule has 0 radical (unpaired) electrons. The van der Waals surface area contributed by atoms with Crippen LogP contribution >= 0.6 is 0 Å². The van der Waals surface area contributed by atoms with Gasteiger partial charge in [-0.15, -0.1) is 0 Å². The number of esters is 1. The van der Waals surface area contributed by atoms with E-state index in [2.05, 4.69) is 4.74 Å². The van der Waals surface area contributed by atoms with Crippen molar-refractivity contribution in [3.63, 3.8) is 0 Å². The maximum atomic E-state index is 15.0. The zero-order valence-electron chi connectivity index (χ0n) is 29.5. The van der Waals surface area contributed by atoms with Crippen LogP contribution in [0, 0.1) is 0 Å². The summed E-state index contributed by atoms with van der Waals surface area (Å²) in [5.41, 5.74) is 0. The molecule has 58 heavy (non-hydrogen) atoms. The lowest BCUT2D eigenvalue weighted by Gasteiger charge is -2.47. The second kappa shape index (κ2) is 15.7. The molecule has 0 aliphatic carbocycles. The minimum absolute atomic E-state index is 0.491. The van der Waals surface area contributed by atoms with E-state index < -0.39 is 126 Å². The average Bonchev–Trinajstić information content (AvgIpc) is 2.88. The number of carbonyl (C=O) groups is 1. The summed E-state index contributed by atoms with van der Waals surface area (Å²) in [7, 11) is -13.0. The monoisotopic (exact) mass is 984 g/mol. The van der Waals surface area contributed by atoms with Crippen LogP contribution in [0.3, 0.4) is 0 Å². The third-order valence-corrected chi connectivity index (χ3v) is 23.1. The van der Waals surface area contributed by atoms with Gasteiger partial charge in [-0.05, 0) is 58.3 Å². The Bertz CT molecular complexity index is 1450. The minimum Gasteiger partial charge on any atom is -0.461 e. The molecule has 0 amide bonds. The van der Waals surface area contributed by atoms with Crippen LogP contribution in [0.1, 0.15) is 6.42 Å². The van der Waals surface area contributed by atoms with Crippen molar-refractivity contribution in [2.24, 2.45) is 0 Å². The van der Waals surface area contributed by atoms with Crippen LogP contribution in [0.15, 0.2) is 0 Å². The van der Waals surface area contributed by atoms with Crippen LogP contribution in [-0.4, -0.2) is 113 Å². The average molecular weight is 985 g/mol. The highest BCUT2D eigenvalue weighted by molar-refractivity contribution is 6.93. The fraction of sp³-hybridized carbons (Fsp3) is 0.955. The van der Waals surface area contributed by atoms with Gasteiger partial charge in [-0.2, -0.15) is 101 Å². The first kappa shape index (κ1) is 54.5. The Morgan fingerprint density at radius 3 is 1.10 bits per heavy atom. The zero-order chi connectivity index (χ0) is 46.9. The molecule has 0 spiro atoms. The van der Waals surface area contributed by atoms with E-state index in [0.717, 1.165) is 4.74 Å². The summed E-state index contributed by atoms with van der Waals surface area (Å²) < 4.78 is 344. The fourth-order valence-electron chi connectivity index (χ4n) is 4.73. The lowest BCUT2D eigenvalue weighted by Crippen LogP contribution is -2.70. The zero-order valence-corrected chi connectivity index (χ0v) is 33.5. The molecule has 1 rings (SSSR count). The molecule has 36 heteroatoms. The van der Waals surface area contributed by atoms with Crippen molar-refractivity contribution in [3.8, 4) is 0 Å². The number of hydrogen-bond donors (Lipinski definition) is 0. The number of halogens is 23. The normalized spacial score (nSPS) is 23.1. The molecule has 0 aromatic carbocycles. The van der Waals surface area contributed by atoms with Crippen LogP contribution in [0.2, 0.25) is 51.9 Å². The van der Waals surface area contributed by atoms with E-state index in [0.29, 0.717) is 0 Å². The van der Waals surface area contributed by atoms with Gasteiger partial charge in [0.05, 0.1) is 6.61 Å². The Balaban J connectivity index is 3.60. The molecule has 0 aromatic rings. The lowest BCUT2D eigenvalue weighted by molar-refractivity contribution is -0.578. The highest BCUT2D eigenvalue weighted by Gasteiger charge is 2.88. The SMILES string of the molecule is C[Si]1(C)O[Si](C)(C)O[Si](C)(CCCOC(=O)C(F)(OC(F)(F)C(F)(OC(F)(F)C(F)(OC(F)(F)C(F)(F)C(F)(F)F)C(F)(F)F)C(F)(F)F)C(F)(F)F)O[Si](C)(C)O1. The van der Waals surface area contributed by atoms with Crippen LogP contribution < -0.4 is 0 Å². The molecule has 0 aromatic heterocycles. The third-order valence-electron chi connectivity index (χ3n) is 6.55. The summed E-state index contributed by atoms with van der Waals surface area (Å²) >= 11 is 0. The van der Waals surface area contributed by atoms with Gasteiger partial charge in [0.2, 0.25) is 0 Å². The largest absolute Gasteiger partial charge is 0.462 e. The first-order chi connectivity index (χ1) is 24.8. The quantitative estimate of drug-likeness (QED) is 0.0731. The second-order valence-electron chi connectivity index (χ2n) is 13.2. The van der Waals surface area contributed by atoms with E-state index in [9.17, 15) is 106 Å². The molecule has 0 saturated carbocycles. The summed E-state index contributed by atoms with van der Waals surface area (Å²) in [5.74, 6) is -36.8. The molecule has 1 aliphatic heterocycles. The third kappa shape index (κ3) is 11.3. The molecule has 0 N–H and O–H groups in total. The Hall–Kier alpha value is -1.55. The number of hydrogen-bond acceptors (Lipinski definition) is 9. The van der Waals surface area contributed by atoms with Crippen molar-refractivity contribution < 1.29 is 141 Å². The lowest BCUT2D eigenvalue weighted by atomic mass is 10.2. The minimum atomic E-state index is -8.80. The van der Waals surface area contributed by atoms with Crippen molar-refractivity contribution in [2.75, 3.05) is 6.61 Å². The van der Waals surface area contributed by atoms with E-state index in [1.807, 2.05) is 4.74 Å². The van der Waals surface area contributed by atoms with E-state index in [-0.39, 0.29) is 0 Å². The first-order valence-corrected chi connectivity index (χ1v) is 25.7. The highest BCUT2D eigenvalue weighted by atomic mass is 28.5. The Morgan fingerprint density at radius 1 is 0.448 bits per heavy atom. The van der Waals surface area contributed by atoms with Gasteiger partial charge in [-0.3, -0.25) is 14.2 Å². The van der Waals surface area contributed by atoms with Gasteiger partial charge in [-0.1, -0.05) is 0 Å². The molecule has 1 fully saturated rings. The van der Waals surface area contributed by atoms with Crippen molar-refractivity contribution in [1.82, 2.24) is 0 Å². The highest BCUT2D eigenvalue weighted by Crippen LogP contribution is 2.59. The Morgan fingerprint density at radius 2 is 0.776 bits per heavy atom. The van der Waals surface area contributed by atoms with Crippen molar-refractivity contribution in [3.05, 3.63) is 0 Å². The van der Waals surface area contributed by atoms with Gasteiger partial charge in [-0.25, -0.2) is 4.79 Å². The molecule has 1 heterocycles. The van der Waals surface area contributed by atoms with Crippen LogP contribution in [0.4, 0.5) is 101 Å². The predicted molar refractivity (Wildman–Crippen MR) is 148 cm³/mol. The first-order valence-electron chi connectivity index (χ1n) is 14.8. The predicted octanol–water partition coefficient (Wildman–Crippen LogP) is 9.89. The molecule has 3 atom stereocenters. The summed E-state index contributed by atoms with van der Waals surface area (Å²) in [6.07, 6.45) is -58.8. The van der Waals surface area contributed by atoms with Crippen molar-refractivity contribution >= 4 is 40.2 Å². The molecule has 1 aliphatic rings. The molecular weight excluding hydrogens is 958 g/mol. The van der Waals surface area contributed by atoms with E-state index in [4.69, 9.17) is 16.5 Å². The Kier molecular flexibility index (Phi) is 14.7. The van der Waals surface area contributed by atoms with Gasteiger partial charge in [0.1, 0.15) is 0 Å². The van der Waals surface area contributed by atoms with E-state index >= 15 is 0 Å². The van der Waals surface area contributed by atoms with Gasteiger partial charge >= 0.3 is 107 Å². The topological polar surface area (TPSA) is 90.9 Å². The second-order valence-corrected chi connectivity index (χ2v) is 27.6. The number of carbonyl (C=O) groups excluding carboxylic acids is 1. The van der Waals surface area contributed by atoms with Gasteiger partial charge in [0.15, 0.2) is 0 Å². The standard InChI is InChI=1S/C22H27F23O9Si4/c1-55(2)51-56(3,4)53-58(7,54-57(5,6)52-55)10-8-9-47-11(46)12(23,16(28,29)30)48-21(42,43)14(26,18(34,35)36)50-22(44,45)15(27,19(37,38)39)49-20(40,41)13(24,25)17(31,32)33/h8-10H2,1-7H3. The smallest absolute Gasteiger partial charge is 0.461 e. The van der Waals surface area contributed by atoms with Crippen LogP contribution in [-0.2, 0) is 40.2 Å². The van der Waals surface area contributed by atoms with Crippen molar-refractivity contribution in [2.45, 2.75) is 125 Å². The maximum Gasteiger partial charge on any atom is 0.462 e. The van der Waals surface area contributed by atoms with Crippen LogP contribution in [0.25, 0.3) is 0 Å². The van der Waals surface area contributed by atoms with E-state index in [1.54, 1.807) is 13.1 Å². The summed E-state index contributed by atoms with van der Waals surface area (Å²) in [6, 6.07) is -0.491. The number of alkyl halides is 23. The van der Waals surface area contributed by atoms with Crippen LogP contribution in [0.5, 0.6) is 0 Å². The summed E-state index contributed by atoms with van der Waals surface area (Å²) in [5, 5.41) is 0. The molecule has 9 nitrogen and oxygen atoms in total. The molecule has 346 valence electrons. The fourth-order valence-corrected chi connectivity index (χ4v) is 26.3. The van der Waals surface area contributed by atoms with Gasteiger partial charge < -0.3 is 21.2 Å². The van der Waals surface area contributed by atoms with Gasteiger partial charge in [0, 0.05) is 0 Å². The summed E-state index contributed by atoms with van der Waals surface area (Å²) in [6.45, 7) is 8.85. The number of rotatable bonds is 14. The maximum absolute atomic E-state index is 15.0. The molecule has 1 saturated heterocycles. The van der Waals surface area contributed by atoms with E-state index in [1.165, 1.54) is 37.5 Å². The number of ether oxygens (including phenoxy) is 4.